The van der Waals surface area contributed by atoms with Crippen molar-refractivity contribution in [3.05, 3.63) is 182 Å². The molecule has 0 aromatic heterocycles. The van der Waals surface area contributed by atoms with Crippen LogP contribution in [0.5, 0.6) is 11.5 Å². The minimum Gasteiger partial charge on any atom is -0.457 e. The third kappa shape index (κ3) is 11.1. The van der Waals surface area contributed by atoms with Crippen molar-refractivity contribution in [2.45, 2.75) is 0 Å². The Kier molecular flexibility index (Phi) is 12.0. The van der Waals surface area contributed by atoms with Gasteiger partial charge in [-0.1, -0.05) is 175 Å². The predicted molar refractivity (Wildman–Crippen MR) is 174 cm³/mol. The number of hydrogen-bond acceptors (Lipinski definition) is 1. The number of benzene rings is 6. The molecular weight excluding hydrogens is 510 g/mol. The molecule has 0 N–H and O–H groups in total. The predicted octanol–water partition coefficient (Wildman–Crippen LogP) is 8.11. The lowest BCUT2D eigenvalue weighted by Crippen LogP contribution is -2.01. The van der Waals surface area contributed by atoms with Gasteiger partial charge in [0.25, 0.3) is 0 Å². The van der Waals surface area contributed by atoms with Crippen molar-refractivity contribution in [1.82, 2.24) is 0 Å². The van der Waals surface area contributed by atoms with Crippen molar-refractivity contribution in [3.8, 4) is 11.5 Å². The minimum atomic E-state index is 0.777. The molecule has 192 valence electrons. The molecule has 0 radical (unpaired) electrons. The van der Waals surface area contributed by atoms with E-state index in [0.717, 1.165) is 28.7 Å². The molecule has 1 nitrogen and oxygen atoms in total. The third-order valence-electron chi connectivity index (χ3n) is 5.39. The summed E-state index contributed by atoms with van der Waals surface area (Å²) in [6.45, 7) is 0. The van der Waals surface area contributed by atoms with Crippen molar-refractivity contribution in [3.63, 3.8) is 0 Å². The fourth-order valence-electron chi connectivity index (χ4n) is 3.53. The minimum absolute atomic E-state index is 0.777. The zero-order valence-electron chi connectivity index (χ0n) is 21.7. The van der Waals surface area contributed by atoms with E-state index in [4.69, 9.17) is 4.74 Å². The summed E-state index contributed by atoms with van der Waals surface area (Å²) >= 11 is 0. The molecule has 0 heterocycles. The molecule has 6 aromatic rings. The van der Waals surface area contributed by atoms with Crippen LogP contribution >= 0.6 is 17.2 Å². The fourth-order valence-corrected chi connectivity index (χ4v) is 5.64. The first-order valence-electron chi connectivity index (χ1n) is 12.9. The maximum absolute atomic E-state index is 5.58. The molecule has 0 saturated carbocycles. The Morgan fingerprint density at radius 2 is 0.462 bits per heavy atom. The SMILES string of the molecule is c1ccc(Oc2ccccc2)cc1.c1ccc(Pc2ccccc2)cc1.c1ccc(Pc2ccccc2)cc1. The summed E-state index contributed by atoms with van der Waals surface area (Å²) in [4.78, 5) is 0. The normalized spacial score (nSPS) is 9.74. The molecule has 0 saturated heterocycles. The molecule has 0 spiro atoms. The van der Waals surface area contributed by atoms with E-state index >= 15 is 0 Å². The van der Waals surface area contributed by atoms with Crippen molar-refractivity contribution in [2.75, 3.05) is 0 Å². The highest BCUT2D eigenvalue weighted by Crippen LogP contribution is 2.19. The maximum Gasteiger partial charge on any atom is 0.127 e. The van der Waals surface area contributed by atoms with Crippen LogP contribution < -0.4 is 26.0 Å². The second-order valence-corrected chi connectivity index (χ2v) is 11.3. The van der Waals surface area contributed by atoms with E-state index in [1.54, 1.807) is 0 Å². The Labute approximate surface area is 236 Å². The first-order chi connectivity index (χ1) is 19.3. The van der Waals surface area contributed by atoms with E-state index in [1.807, 2.05) is 60.7 Å². The maximum atomic E-state index is 5.58. The lowest BCUT2D eigenvalue weighted by atomic mass is 10.3. The largest absolute Gasteiger partial charge is 0.457 e. The Bertz CT molecular complexity index is 1130. The number of rotatable bonds is 6. The molecular formula is C36H32OP2. The molecule has 0 amide bonds. The van der Waals surface area contributed by atoms with Gasteiger partial charge in [-0.3, -0.25) is 0 Å². The molecule has 39 heavy (non-hydrogen) atoms. The van der Waals surface area contributed by atoms with Gasteiger partial charge in [0.15, 0.2) is 0 Å². The van der Waals surface area contributed by atoms with Crippen LogP contribution in [-0.2, 0) is 0 Å². The van der Waals surface area contributed by atoms with Crippen LogP contribution in [0.25, 0.3) is 0 Å². The Morgan fingerprint density at radius 1 is 0.256 bits per heavy atom. The zero-order chi connectivity index (χ0) is 26.8. The first kappa shape index (κ1) is 28.0. The highest BCUT2D eigenvalue weighted by molar-refractivity contribution is 7.55. The molecule has 0 unspecified atom stereocenters. The molecule has 6 aromatic carbocycles. The van der Waals surface area contributed by atoms with Gasteiger partial charge in [-0.05, 0) is 45.5 Å². The quantitative estimate of drug-likeness (QED) is 0.193. The number of ether oxygens (including phenoxy) is 1. The van der Waals surface area contributed by atoms with Crippen molar-refractivity contribution >= 4 is 38.4 Å². The van der Waals surface area contributed by atoms with Gasteiger partial charge in [0, 0.05) is 0 Å². The van der Waals surface area contributed by atoms with Gasteiger partial charge in [0.1, 0.15) is 11.5 Å². The second-order valence-electron chi connectivity index (χ2n) is 8.44. The standard InChI is InChI=1S/C12H10O.2C12H11P/c3*1-3-7-11(8-4-1)13-12-9-5-2-6-10-12/h1-10H;2*1-10,13H. The average molecular weight is 543 g/mol. The van der Waals surface area contributed by atoms with E-state index in [1.165, 1.54) is 21.2 Å². The smallest absolute Gasteiger partial charge is 0.127 e. The average Bonchev–Trinajstić information content (AvgIpc) is 3.01. The summed E-state index contributed by atoms with van der Waals surface area (Å²) in [7, 11) is 1.55. The van der Waals surface area contributed by atoms with Gasteiger partial charge in [-0.15, -0.1) is 0 Å². The monoisotopic (exact) mass is 542 g/mol. The fraction of sp³-hybridized carbons (Fsp3) is 0. The van der Waals surface area contributed by atoms with Crippen LogP contribution in [-0.4, -0.2) is 0 Å². The molecule has 0 bridgehead atoms. The van der Waals surface area contributed by atoms with Gasteiger partial charge >= 0.3 is 0 Å². The summed E-state index contributed by atoms with van der Waals surface area (Å²) in [6.07, 6.45) is 0. The van der Waals surface area contributed by atoms with Gasteiger partial charge in [0.2, 0.25) is 0 Å². The summed E-state index contributed by atoms with van der Waals surface area (Å²) in [5.74, 6) is 1.74. The molecule has 3 heteroatoms. The van der Waals surface area contributed by atoms with Gasteiger partial charge < -0.3 is 4.74 Å². The Hall–Kier alpha value is -4.02. The van der Waals surface area contributed by atoms with E-state index in [0.29, 0.717) is 0 Å². The lowest BCUT2D eigenvalue weighted by Gasteiger charge is -2.03. The zero-order valence-corrected chi connectivity index (χ0v) is 23.7. The first-order valence-corrected chi connectivity index (χ1v) is 14.9. The highest BCUT2D eigenvalue weighted by atomic mass is 31.1. The van der Waals surface area contributed by atoms with E-state index in [9.17, 15) is 0 Å². The molecule has 0 fully saturated rings. The van der Waals surface area contributed by atoms with E-state index in [-0.39, 0.29) is 0 Å². The Balaban J connectivity index is 0.000000136. The summed E-state index contributed by atoms with van der Waals surface area (Å²) < 4.78 is 5.58. The molecule has 0 aliphatic carbocycles. The van der Waals surface area contributed by atoms with Crippen LogP contribution in [0, 0.1) is 0 Å². The molecule has 0 aliphatic heterocycles. The van der Waals surface area contributed by atoms with Crippen molar-refractivity contribution in [1.29, 1.82) is 0 Å². The van der Waals surface area contributed by atoms with Crippen LogP contribution in [0.4, 0.5) is 0 Å². The van der Waals surface area contributed by atoms with Crippen LogP contribution in [0.2, 0.25) is 0 Å². The topological polar surface area (TPSA) is 9.23 Å². The van der Waals surface area contributed by atoms with Gasteiger partial charge in [0.05, 0.1) is 0 Å². The Morgan fingerprint density at radius 3 is 0.692 bits per heavy atom. The molecule has 0 atom stereocenters. The molecule has 0 aliphatic rings. The highest BCUT2D eigenvalue weighted by Gasteiger charge is 1.94. The van der Waals surface area contributed by atoms with Gasteiger partial charge in [-0.2, -0.15) is 0 Å². The van der Waals surface area contributed by atoms with Crippen LogP contribution in [0.15, 0.2) is 182 Å². The van der Waals surface area contributed by atoms with Crippen LogP contribution in [0.3, 0.4) is 0 Å². The third-order valence-corrected chi connectivity index (χ3v) is 7.88. The van der Waals surface area contributed by atoms with Crippen molar-refractivity contribution < 1.29 is 4.74 Å². The van der Waals surface area contributed by atoms with E-state index in [2.05, 4.69) is 121 Å². The summed E-state index contributed by atoms with van der Waals surface area (Å²) in [5.41, 5.74) is 0. The molecule has 6 rings (SSSR count). The number of para-hydroxylation sites is 2. The van der Waals surface area contributed by atoms with E-state index < -0.39 is 0 Å². The summed E-state index contributed by atoms with van der Waals surface area (Å²) in [6, 6.07) is 61.8. The lowest BCUT2D eigenvalue weighted by molar-refractivity contribution is 0.482. The van der Waals surface area contributed by atoms with Gasteiger partial charge in [-0.25, -0.2) is 0 Å². The van der Waals surface area contributed by atoms with Crippen molar-refractivity contribution in [2.24, 2.45) is 0 Å². The summed E-state index contributed by atoms with van der Waals surface area (Å²) in [5, 5.41) is 5.59. The second kappa shape index (κ2) is 16.7. The number of hydrogen-bond donors (Lipinski definition) is 0. The van der Waals surface area contributed by atoms with Crippen LogP contribution in [0.1, 0.15) is 0 Å².